The van der Waals surface area contributed by atoms with Crippen LogP contribution in [0.2, 0.25) is 0 Å². The van der Waals surface area contributed by atoms with E-state index in [4.69, 9.17) is 5.73 Å². The van der Waals surface area contributed by atoms with Gasteiger partial charge >= 0.3 is 0 Å². The molecule has 0 aromatic carbocycles. The van der Waals surface area contributed by atoms with Crippen molar-refractivity contribution in [3.05, 3.63) is 29.8 Å². The lowest BCUT2D eigenvalue weighted by Gasteiger charge is -2.34. The summed E-state index contributed by atoms with van der Waals surface area (Å²) in [5, 5.41) is 0. The van der Waals surface area contributed by atoms with Gasteiger partial charge in [0.2, 0.25) is 0 Å². The second-order valence-corrected chi connectivity index (χ2v) is 6.22. The van der Waals surface area contributed by atoms with Gasteiger partial charge in [0.05, 0.1) is 11.9 Å². The molecule has 0 aliphatic carbocycles. The van der Waals surface area contributed by atoms with Gasteiger partial charge in [0, 0.05) is 6.04 Å². The first-order chi connectivity index (χ1) is 9.56. The largest absolute Gasteiger partial charge is 0.323 e. The Morgan fingerprint density at radius 1 is 1.35 bits per heavy atom. The van der Waals surface area contributed by atoms with Crippen molar-refractivity contribution in [3.8, 4) is 0 Å². The van der Waals surface area contributed by atoms with Gasteiger partial charge in [-0.2, -0.15) is 0 Å². The van der Waals surface area contributed by atoms with Gasteiger partial charge in [0.1, 0.15) is 5.82 Å². The van der Waals surface area contributed by atoms with Crippen LogP contribution in [-0.4, -0.2) is 29.5 Å². The summed E-state index contributed by atoms with van der Waals surface area (Å²) in [6, 6.07) is 3.01. The van der Waals surface area contributed by atoms with E-state index >= 15 is 0 Å². The molecule has 1 atom stereocenters. The summed E-state index contributed by atoms with van der Waals surface area (Å²) < 4.78 is 12.8. The first-order valence-electron chi connectivity index (χ1n) is 7.65. The van der Waals surface area contributed by atoms with Crippen LogP contribution < -0.4 is 5.73 Å². The molecule has 20 heavy (non-hydrogen) atoms. The average Bonchev–Trinajstić information content (AvgIpc) is 2.46. The summed E-state index contributed by atoms with van der Waals surface area (Å²) in [7, 11) is 0. The summed E-state index contributed by atoms with van der Waals surface area (Å²) in [5.74, 6) is 1.36. The van der Waals surface area contributed by atoms with Gasteiger partial charge in [-0.05, 0) is 62.9 Å². The number of likely N-dealkylation sites (tertiary alicyclic amines) is 1. The zero-order valence-corrected chi connectivity index (χ0v) is 12.6. The van der Waals surface area contributed by atoms with Crippen LogP contribution in [0.3, 0.4) is 0 Å². The molecule has 112 valence electrons. The Balaban J connectivity index is 1.74. The predicted molar refractivity (Wildman–Crippen MR) is 79.7 cm³/mol. The first kappa shape index (κ1) is 15.4. The maximum absolute atomic E-state index is 12.8. The molecule has 2 heterocycles. The van der Waals surface area contributed by atoms with E-state index in [2.05, 4.69) is 23.7 Å². The molecule has 2 rings (SSSR count). The number of nitrogens with zero attached hydrogens (tertiary/aromatic N) is 2. The maximum atomic E-state index is 12.8. The van der Waals surface area contributed by atoms with Crippen molar-refractivity contribution >= 4 is 0 Å². The SMILES string of the molecule is CC(C)C1CCN(CCC(N)c2ccc(F)cn2)CC1. The summed E-state index contributed by atoms with van der Waals surface area (Å²) in [6.45, 7) is 7.98. The fraction of sp³-hybridized carbons (Fsp3) is 0.688. The molecule has 1 saturated heterocycles. The molecule has 3 nitrogen and oxygen atoms in total. The first-order valence-corrected chi connectivity index (χ1v) is 7.65. The molecule has 0 spiro atoms. The fourth-order valence-corrected chi connectivity index (χ4v) is 2.92. The predicted octanol–water partition coefficient (Wildman–Crippen LogP) is 2.98. The normalized spacial score (nSPS) is 19.4. The molecular weight excluding hydrogens is 253 g/mol. The topological polar surface area (TPSA) is 42.1 Å². The molecule has 1 aliphatic heterocycles. The van der Waals surface area contributed by atoms with Gasteiger partial charge < -0.3 is 10.6 Å². The van der Waals surface area contributed by atoms with Crippen molar-refractivity contribution in [3.63, 3.8) is 0 Å². The van der Waals surface area contributed by atoms with Crippen molar-refractivity contribution in [1.82, 2.24) is 9.88 Å². The van der Waals surface area contributed by atoms with Crippen LogP contribution in [0.5, 0.6) is 0 Å². The highest BCUT2D eigenvalue weighted by molar-refractivity contribution is 5.09. The van der Waals surface area contributed by atoms with Crippen LogP contribution in [-0.2, 0) is 0 Å². The van der Waals surface area contributed by atoms with E-state index in [-0.39, 0.29) is 11.9 Å². The lowest BCUT2D eigenvalue weighted by Crippen LogP contribution is -2.36. The fourth-order valence-electron chi connectivity index (χ4n) is 2.92. The number of pyridine rings is 1. The Labute approximate surface area is 121 Å². The van der Waals surface area contributed by atoms with Gasteiger partial charge in [-0.15, -0.1) is 0 Å². The maximum Gasteiger partial charge on any atom is 0.141 e. The van der Waals surface area contributed by atoms with Crippen molar-refractivity contribution < 1.29 is 4.39 Å². The van der Waals surface area contributed by atoms with Gasteiger partial charge in [0.15, 0.2) is 0 Å². The summed E-state index contributed by atoms with van der Waals surface area (Å²) >= 11 is 0. The third-order valence-electron chi connectivity index (χ3n) is 4.46. The third-order valence-corrected chi connectivity index (χ3v) is 4.46. The second kappa shape index (κ2) is 7.14. The minimum Gasteiger partial charge on any atom is -0.323 e. The van der Waals surface area contributed by atoms with Crippen LogP contribution in [0.25, 0.3) is 0 Å². The van der Waals surface area contributed by atoms with E-state index in [0.29, 0.717) is 0 Å². The van der Waals surface area contributed by atoms with Crippen molar-refractivity contribution in [2.24, 2.45) is 17.6 Å². The number of aromatic nitrogens is 1. The zero-order chi connectivity index (χ0) is 14.5. The summed E-state index contributed by atoms with van der Waals surface area (Å²) in [4.78, 5) is 6.55. The molecule has 2 N–H and O–H groups in total. The number of hydrogen-bond acceptors (Lipinski definition) is 3. The molecule has 4 heteroatoms. The minimum atomic E-state index is -0.309. The monoisotopic (exact) mass is 279 g/mol. The number of rotatable bonds is 5. The van der Waals surface area contributed by atoms with Crippen molar-refractivity contribution in [2.75, 3.05) is 19.6 Å². The van der Waals surface area contributed by atoms with E-state index < -0.39 is 0 Å². The van der Waals surface area contributed by atoms with E-state index in [9.17, 15) is 4.39 Å². The van der Waals surface area contributed by atoms with Crippen LogP contribution in [0.4, 0.5) is 4.39 Å². The highest BCUT2D eigenvalue weighted by Gasteiger charge is 2.21. The van der Waals surface area contributed by atoms with E-state index in [1.165, 1.54) is 38.2 Å². The average molecular weight is 279 g/mol. The van der Waals surface area contributed by atoms with Crippen LogP contribution in [0.1, 0.15) is 44.8 Å². The van der Waals surface area contributed by atoms with Gasteiger partial charge in [-0.1, -0.05) is 13.8 Å². The quantitative estimate of drug-likeness (QED) is 0.901. The lowest BCUT2D eigenvalue weighted by molar-refractivity contribution is 0.154. The molecule has 0 radical (unpaired) electrons. The molecule has 1 fully saturated rings. The third kappa shape index (κ3) is 4.25. The Bertz CT molecular complexity index is 397. The minimum absolute atomic E-state index is 0.0987. The lowest BCUT2D eigenvalue weighted by atomic mass is 9.86. The molecule has 1 aliphatic rings. The molecule has 1 aromatic rings. The van der Waals surface area contributed by atoms with Crippen LogP contribution in [0, 0.1) is 17.7 Å². The van der Waals surface area contributed by atoms with Crippen molar-refractivity contribution in [1.29, 1.82) is 0 Å². The molecule has 1 unspecified atom stereocenters. The van der Waals surface area contributed by atoms with E-state index in [0.717, 1.165) is 30.5 Å². The summed E-state index contributed by atoms with van der Waals surface area (Å²) in [5.41, 5.74) is 6.91. The Morgan fingerprint density at radius 3 is 2.60 bits per heavy atom. The van der Waals surface area contributed by atoms with Gasteiger partial charge in [-0.25, -0.2) is 4.39 Å². The number of piperidine rings is 1. The Kier molecular flexibility index (Phi) is 5.49. The highest BCUT2D eigenvalue weighted by Crippen LogP contribution is 2.25. The number of halogens is 1. The van der Waals surface area contributed by atoms with E-state index in [1.54, 1.807) is 6.07 Å². The standard InChI is InChI=1S/C16H26FN3/c1-12(2)13-5-8-20(9-6-13)10-7-15(18)16-4-3-14(17)11-19-16/h3-4,11-13,15H,5-10,18H2,1-2H3. The van der Waals surface area contributed by atoms with Crippen LogP contribution in [0.15, 0.2) is 18.3 Å². The van der Waals surface area contributed by atoms with E-state index in [1.807, 2.05) is 0 Å². The molecule has 1 aromatic heterocycles. The van der Waals surface area contributed by atoms with Gasteiger partial charge in [0.25, 0.3) is 0 Å². The zero-order valence-electron chi connectivity index (χ0n) is 12.6. The summed E-state index contributed by atoms with van der Waals surface area (Å²) in [6.07, 6.45) is 4.71. The highest BCUT2D eigenvalue weighted by atomic mass is 19.1. The smallest absolute Gasteiger partial charge is 0.141 e. The van der Waals surface area contributed by atoms with Crippen molar-refractivity contribution in [2.45, 2.75) is 39.2 Å². The molecule has 0 saturated carbocycles. The Hall–Kier alpha value is -1.00. The number of nitrogens with two attached hydrogens (primary N) is 1. The van der Waals surface area contributed by atoms with Crippen LogP contribution >= 0.6 is 0 Å². The second-order valence-electron chi connectivity index (χ2n) is 6.22. The Morgan fingerprint density at radius 2 is 2.05 bits per heavy atom. The molecular formula is C16H26FN3. The van der Waals surface area contributed by atoms with Gasteiger partial charge in [-0.3, -0.25) is 4.98 Å². The number of hydrogen-bond donors (Lipinski definition) is 1. The molecule has 0 bridgehead atoms. The molecule has 0 amide bonds.